The van der Waals surface area contributed by atoms with Gasteiger partial charge < -0.3 is 10.1 Å². The molecule has 2 aliphatic rings. The Morgan fingerprint density at radius 1 is 1.38 bits per heavy atom. The molecule has 16 heavy (non-hydrogen) atoms. The second-order valence-electron chi connectivity index (χ2n) is 5.18. The first-order valence-electron chi connectivity index (χ1n) is 6.41. The van der Waals surface area contributed by atoms with E-state index >= 15 is 0 Å². The van der Waals surface area contributed by atoms with Gasteiger partial charge >= 0.3 is 0 Å². The molecule has 92 valence electrons. The maximum atomic E-state index is 6.07. The van der Waals surface area contributed by atoms with Crippen LogP contribution in [0.5, 0.6) is 0 Å². The molecule has 0 aromatic rings. The second-order valence-corrected chi connectivity index (χ2v) is 6.30. The van der Waals surface area contributed by atoms with Gasteiger partial charge in [-0.25, -0.2) is 0 Å². The van der Waals surface area contributed by atoms with Crippen LogP contribution in [0.1, 0.15) is 44.9 Å². The van der Waals surface area contributed by atoms with E-state index in [-0.39, 0.29) is 5.60 Å². The predicted octanol–water partition coefficient (Wildman–Crippen LogP) is 3.37. The van der Waals surface area contributed by atoms with Crippen molar-refractivity contribution in [1.82, 2.24) is 5.32 Å². The van der Waals surface area contributed by atoms with Crippen LogP contribution in [0.2, 0.25) is 0 Å². The van der Waals surface area contributed by atoms with Gasteiger partial charge in [0.1, 0.15) is 0 Å². The van der Waals surface area contributed by atoms with Crippen molar-refractivity contribution >= 4 is 15.9 Å². The van der Waals surface area contributed by atoms with Crippen molar-refractivity contribution in [1.29, 1.82) is 0 Å². The molecule has 1 heterocycles. The van der Waals surface area contributed by atoms with Crippen molar-refractivity contribution in [3.63, 3.8) is 0 Å². The summed E-state index contributed by atoms with van der Waals surface area (Å²) in [6.07, 6.45) is 8.94. The molecule has 1 aliphatic heterocycles. The highest BCUT2D eigenvalue weighted by Crippen LogP contribution is 2.38. The predicted molar refractivity (Wildman–Crippen MR) is 70.9 cm³/mol. The summed E-state index contributed by atoms with van der Waals surface area (Å²) in [7, 11) is 0. The Bertz CT molecular complexity index is 243. The Balaban J connectivity index is 1.85. The largest absolute Gasteiger partial charge is 0.375 e. The molecule has 1 saturated carbocycles. The third kappa shape index (κ3) is 3.31. The summed E-state index contributed by atoms with van der Waals surface area (Å²) in [6, 6.07) is 0.612. The van der Waals surface area contributed by atoms with Gasteiger partial charge in [-0.2, -0.15) is 0 Å². The lowest BCUT2D eigenvalue weighted by Gasteiger charge is -2.43. The molecule has 3 heteroatoms. The Labute approximate surface area is 107 Å². The summed E-state index contributed by atoms with van der Waals surface area (Å²) < 4.78 is 7.11. The molecule has 1 spiro atoms. The molecule has 2 fully saturated rings. The molecule has 0 bridgehead atoms. The average molecular weight is 288 g/mol. The van der Waals surface area contributed by atoms with Crippen LogP contribution in [0.3, 0.4) is 0 Å². The summed E-state index contributed by atoms with van der Waals surface area (Å²) in [5.74, 6) is 0. The zero-order valence-corrected chi connectivity index (χ0v) is 11.5. The Kier molecular flexibility index (Phi) is 4.45. The van der Waals surface area contributed by atoms with Gasteiger partial charge in [0.25, 0.3) is 0 Å². The van der Waals surface area contributed by atoms with Gasteiger partial charge in [0.05, 0.1) is 5.60 Å². The van der Waals surface area contributed by atoms with Crippen LogP contribution in [0.4, 0.5) is 0 Å². The lowest BCUT2D eigenvalue weighted by Crippen LogP contribution is -2.48. The second kappa shape index (κ2) is 5.65. The first-order valence-corrected chi connectivity index (χ1v) is 7.20. The maximum Gasteiger partial charge on any atom is 0.0697 e. The van der Waals surface area contributed by atoms with Crippen LogP contribution in [0.15, 0.2) is 11.1 Å². The highest BCUT2D eigenvalue weighted by Gasteiger charge is 2.38. The summed E-state index contributed by atoms with van der Waals surface area (Å²) in [6.45, 7) is 5.67. The molecule has 0 aromatic carbocycles. The van der Waals surface area contributed by atoms with Crippen molar-refractivity contribution in [2.24, 2.45) is 0 Å². The molecule has 0 aromatic heterocycles. The van der Waals surface area contributed by atoms with Crippen molar-refractivity contribution in [3.05, 3.63) is 11.1 Å². The normalized spacial score (nSPS) is 29.2. The fourth-order valence-corrected chi connectivity index (χ4v) is 3.16. The minimum absolute atomic E-state index is 0.210. The summed E-state index contributed by atoms with van der Waals surface area (Å²) in [4.78, 5) is 0. The van der Waals surface area contributed by atoms with E-state index in [2.05, 4.69) is 27.8 Å². The van der Waals surface area contributed by atoms with Crippen molar-refractivity contribution < 1.29 is 4.74 Å². The molecule has 0 radical (unpaired) electrons. The fraction of sp³-hybridized carbons (Fsp3) is 0.846. The van der Waals surface area contributed by atoms with Gasteiger partial charge in [-0.1, -0.05) is 41.8 Å². The first-order chi connectivity index (χ1) is 7.70. The minimum Gasteiger partial charge on any atom is -0.375 e. The third-order valence-corrected chi connectivity index (χ3v) is 4.12. The highest BCUT2D eigenvalue weighted by molar-refractivity contribution is 9.11. The number of rotatable bonds is 3. The molecular formula is C13H22BrNO. The van der Waals surface area contributed by atoms with E-state index in [4.69, 9.17) is 4.74 Å². The van der Waals surface area contributed by atoms with Gasteiger partial charge in [-0.15, -0.1) is 0 Å². The lowest BCUT2D eigenvalue weighted by molar-refractivity contribution is -0.108. The zero-order valence-electron chi connectivity index (χ0n) is 9.93. The molecule has 2 nitrogen and oxygen atoms in total. The molecule has 1 saturated heterocycles. The van der Waals surface area contributed by atoms with E-state index in [9.17, 15) is 0 Å². The topological polar surface area (TPSA) is 21.3 Å². The van der Waals surface area contributed by atoms with Crippen LogP contribution >= 0.6 is 15.9 Å². The SMILES string of the molecule is C=C(Br)CNC1CCOC2(CCCCC2)C1. The van der Waals surface area contributed by atoms with Crippen LogP contribution in [-0.2, 0) is 4.74 Å². The summed E-state index contributed by atoms with van der Waals surface area (Å²) in [5.41, 5.74) is 0.210. The van der Waals surface area contributed by atoms with E-state index in [0.29, 0.717) is 6.04 Å². The number of halogens is 1. The Morgan fingerprint density at radius 3 is 2.81 bits per heavy atom. The van der Waals surface area contributed by atoms with Gasteiger partial charge in [0.2, 0.25) is 0 Å². The Hall–Kier alpha value is 0.140. The van der Waals surface area contributed by atoms with Crippen LogP contribution < -0.4 is 5.32 Å². The number of ether oxygens (including phenoxy) is 1. The van der Waals surface area contributed by atoms with Crippen LogP contribution in [-0.4, -0.2) is 24.8 Å². The monoisotopic (exact) mass is 287 g/mol. The highest BCUT2D eigenvalue weighted by atomic mass is 79.9. The van der Waals surface area contributed by atoms with E-state index < -0.39 is 0 Å². The molecule has 0 amide bonds. The number of nitrogens with one attached hydrogen (secondary N) is 1. The van der Waals surface area contributed by atoms with Crippen molar-refractivity contribution in [2.45, 2.75) is 56.6 Å². The van der Waals surface area contributed by atoms with Gasteiger partial charge in [0, 0.05) is 23.7 Å². The smallest absolute Gasteiger partial charge is 0.0697 e. The van der Waals surface area contributed by atoms with Crippen molar-refractivity contribution in [2.75, 3.05) is 13.2 Å². The molecule has 1 aliphatic carbocycles. The van der Waals surface area contributed by atoms with Gasteiger partial charge in [0.15, 0.2) is 0 Å². The standard InChI is InChI=1S/C13H22BrNO/c1-11(14)10-15-12-5-8-16-13(9-12)6-3-2-4-7-13/h12,15H,1-10H2. The zero-order chi connectivity index (χ0) is 11.4. The average Bonchev–Trinajstić information content (AvgIpc) is 2.28. The lowest BCUT2D eigenvalue weighted by atomic mass is 9.78. The maximum absolute atomic E-state index is 6.07. The minimum atomic E-state index is 0.210. The molecule has 1 atom stereocenters. The van der Waals surface area contributed by atoms with E-state index in [1.807, 2.05) is 0 Å². The molecule has 2 rings (SSSR count). The van der Waals surface area contributed by atoms with Crippen molar-refractivity contribution in [3.8, 4) is 0 Å². The molecule has 1 N–H and O–H groups in total. The third-order valence-electron chi connectivity index (χ3n) is 3.84. The van der Waals surface area contributed by atoms with E-state index in [1.54, 1.807) is 0 Å². The number of hydrogen-bond acceptors (Lipinski definition) is 2. The van der Waals surface area contributed by atoms with Gasteiger partial charge in [-0.3, -0.25) is 0 Å². The molecule has 1 unspecified atom stereocenters. The number of hydrogen-bond donors (Lipinski definition) is 1. The van der Waals surface area contributed by atoms with Gasteiger partial charge in [-0.05, 0) is 25.7 Å². The Morgan fingerprint density at radius 2 is 2.12 bits per heavy atom. The quantitative estimate of drug-likeness (QED) is 0.859. The van der Waals surface area contributed by atoms with E-state index in [0.717, 1.165) is 24.1 Å². The first kappa shape index (κ1) is 12.6. The van der Waals surface area contributed by atoms with E-state index in [1.165, 1.54) is 38.5 Å². The summed E-state index contributed by atoms with van der Waals surface area (Å²) in [5, 5.41) is 3.57. The fourth-order valence-electron chi connectivity index (χ4n) is 3.00. The molecular weight excluding hydrogens is 266 g/mol. The summed E-state index contributed by atoms with van der Waals surface area (Å²) >= 11 is 3.40. The van der Waals surface area contributed by atoms with Crippen LogP contribution in [0.25, 0.3) is 0 Å². The van der Waals surface area contributed by atoms with Crippen LogP contribution in [0, 0.1) is 0 Å².